The summed E-state index contributed by atoms with van der Waals surface area (Å²) < 4.78 is 25.4. The first-order valence-electron chi connectivity index (χ1n) is 8.19. The summed E-state index contributed by atoms with van der Waals surface area (Å²) in [7, 11) is -3.04. The largest absolute Gasteiger partial charge is 0.311 e. The zero-order valence-corrected chi connectivity index (χ0v) is 15.3. The summed E-state index contributed by atoms with van der Waals surface area (Å²) >= 11 is 6.36. The predicted molar refractivity (Wildman–Crippen MR) is 95.8 cm³/mol. The van der Waals surface area contributed by atoms with E-state index in [0.29, 0.717) is 23.7 Å². The first-order valence-corrected chi connectivity index (χ1v) is 10.4. The van der Waals surface area contributed by atoms with Gasteiger partial charge in [-0.1, -0.05) is 29.8 Å². The highest BCUT2D eigenvalue weighted by atomic mass is 35.5. The number of hydrogen-bond acceptors (Lipinski definition) is 4. The van der Waals surface area contributed by atoms with Gasteiger partial charge in [-0.3, -0.25) is 4.79 Å². The van der Waals surface area contributed by atoms with Gasteiger partial charge in [0, 0.05) is 22.9 Å². The number of carbonyl (C=O) groups is 1. The average Bonchev–Trinajstić information content (AvgIpc) is 3.07. The van der Waals surface area contributed by atoms with Crippen molar-refractivity contribution in [1.29, 1.82) is 0 Å². The Labute approximate surface area is 151 Å². The van der Waals surface area contributed by atoms with E-state index < -0.39 is 9.84 Å². The lowest BCUT2D eigenvalue weighted by atomic mass is 9.86. The number of sulfone groups is 1. The Morgan fingerprint density at radius 3 is 2.76 bits per heavy atom. The molecule has 0 spiro atoms. The van der Waals surface area contributed by atoms with E-state index >= 15 is 0 Å². The van der Waals surface area contributed by atoms with E-state index in [9.17, 15) is 13.2 Å². The van der Waals surface area contributed by atoms with Gasteiger partial charge in [-0.05, 0) is 25.0 Å². The van der Waals surface area contributed by atoms with Crippen molar-refractivity contribution < 1.29 is 13.2 Å². The van der Waals surface area contributed by atoms with Crippen LogP contribution in [0.3, 0.4) is 0 Å². The third kappa shape index (κ3) is 2.85. The highest BCUT2D eigenvalue weighted by molar-refractivity contribution is 7.91. The highest BCUT2D eigenvalue weighted by Gasteiger charge is 2.37. The van der Waals surface area contributed by atoms with E-state index in [1.165, 1.54) is 0 Å². The number of fused-ring (bicyclic) bond motifs is 1. The summed E-state index contributed by atoms with van der Waals surface area (Å²) in [4.78, 5) is 12.3. The van der Waals surface area contributed by atoms with Crippen LogP contribution in [0.5, 0.6) is 0 Å². The minimum Gasteiger partial charge on any atom is -0.311 e. The topological polar surface area (TPSA) is 81.1 Å². The normalized spacial score (nSPS) is 24.8. The standard InChI is InChI=1S/C17H18ClN3O3S/c1-10-16-13(12-4-2-3-5-14(12)18)8-15(22)19-17(16)21(20-10)11-6-7-25(23,24)9-11/h2-5,11,13H,6-9H2,1H3,(H,19,22). The Bertz CT molecular complexity index is 968. The third-order valence-electron chi connectivity index (χ3n) is 4.96. The molecular weight excluding hydrogens is 362 g/mol. The van der Waals surface area contributed by atoms with E-state index in [0.717, 1.165) is 16.8 Å². The van der Waals surface area contributed by atoms with Crippen molar-refractivity contribution in [3.63, 3.8) is 0 Å². The van der Waals surface area contributed by atoms with Crippen LogP contribution in [0.25, 0.3) is 0 Å². The second-order valence-corrected chi connectivity index (χ2v) is 9.31. The van der Waals surface area contributed by atoms with E-state index in [1.54, 1.807) is 4.68 Å². The molecule has 1 N–H and O–H groups in total. The lowest BCUT2D eigenvalue weighted by Crippen LogP contribution is -2.26. The van der Waals surface area contributed by atoms with Gasteiger partial charge in [-0.15, -0.1) is 0 Å². The molecule has 2 unspecified atom stereocenters. The molecule has 6 nitrogen and oxygen atoms in total. The molecule has 1 aromatic carbocycles. The van der Waals surface area contributed by atoms with Gasteiger partial charge in [0.2, 0.25) is 5.91 Å². The van der Waals surface area contributed by atoms with Crippen molar-refractivity contribution in [3.8, 4) is 0 Å². The number of halogens is 1. The fourth-order valence-electron chi connectivity index (χ4n) is 3.83. The van der Waals surface area contributed by atoms with Gasteiger partial charge in [0.15, 0.2) is 9.84 Å². The zero-order valence-electron chi connectivity index (χ0n) is 13.7. The maximum atomic E-state index is 12.3. The van der Waals surface area contributed by atoms with Crippen LogP contribution in [-0.2, 0) is 14.6 Å². The van der Waals surface area contributed by atoms with Gasteiger partial charge in [0.1, 0.15) is 5.82 Å². The smallest absolute Gasteiger partial charge is 0.226 e. The molecule has 1 amide bonds. The minimum atomic E-state index is -3.04. The van der Waals surface area contributed by atoms with Crippen LogP contribution in [-0.4, -0.2) is 35.6 Å². The van der Waals surface area contributed by atoms with Crippen LogP contribution in [0.1, 0.15) is 41.6 Å². The molecule has 2 aliphatic heterocycles. The number of nitrogens with zero attached hydrogens (tertiary/aromatic N) is 2. The number of carbonyl (C=O) groups excluding carboxylic acids is 1. The summed E-state index contributed by atoms with van der Waals surface area (Å²) in [5.41, 5.74) is 2.61. The Balaban J connectivity index is 1.83. The van der Waals surface area contributed by atoms with Gasteiger partial charge in [0.25, 0.3) is 0 Å². The van der Waals surface area contributed by atoms with Crippen molar-refractivity contribution in [1.82, 2.24) is 9.78 Å². The van der Waals surface area contributed by atoms with Crippen molar-refractivity contribution in [2.24, 2.45) is 0 Å². The number of hydrogen-bond donors (Lipinski definition) is 1. The molecule has 132 valence electrons. The van der Waals surface area contributed by atoms with Gasteiger partial charge in [-0.2, -0.15) is 5.10 Å². The number of anilines is 1. The van der Waals surface area contributed by atoms with Crippen LogP contribution in [0, 0.1) is 6.92 Å². The maximum Gasteiger partial charge on any atom is 0.226 e. The molecule has 0 aliphatic carbocycles. The molecular formula is C17H18ClN3O3S. The van der Waals surface area contributed by atoms with E-state index in [1.807, 2.05) is 31.2 Å². The third-order valence-corrected chi connectivity index (χ3v) is 7.06. The summed E-state index contributed by atoms with van der Waals surface area (Å²) in [6.45, 7) is 1.89. The summed E-state index contributed by atoms with van der Waals surface area (Å²) in [5.74, 6) is 0.546. The number of aryl methyl sites for hydroxylation is 1. The Hall–Kier alpha value is -1.86. The van der Waals surface area contributed by atoms with Gasteiger partial charge >= 0.3 is 0 Å². The van der Waals surface area contributed by atoms with Crippen molar-refractivity contribution >= 4 is 33.2 Å². The van der Waals surface area contributed by atoms with Crippen LogP contribution in [0.15, 0.2) is 24.3 Å². The van der Waals surface area contributed by atoms with E-state index in [-0.39, 0.29) is 29.4 Å². The van der Waals surface area contributed by atoms with Crippen LogP contribution in [0.4, 0.5) is 5.82 Å². The molecule has 25 heavy (non-hydrogen) atoms. The fraction of sp³-hybridized carbons (Fsp3) is 0.412. The van der Waals surface area contributed by atoms with Crippen LogP contribution in [0.2, 0.25) is 5.02 Å². The van der Waals surface area contributed by atoms with Crippen LogP contribution < -0.4 is 5.32 Å². The minimum absolute atomic E-state index is 0.0627. The molecule has 2 atom stereocenters. The number of aromatic nitrogens is 2. The Kier molecular flexibility index (Phi) is 3.88. The lowest BCUT2D eigenvalue weighted by Gasteiger charge is -2.26. The van der Waals surface area contributed by atoms with Gasteiger partial charge in [0.05, 0.1) is 23.2 Å². The molecule has 1 fully saturated rings. The predicted octanol–water partition coefficient (Wildman–Crippen LogP) is 2.68. The average molecular weight is 380 g/mol. The number of benzene rings is 1. The molecule has 4 rings (SSSR count). The SMILES string of the molecule is Cc1nn(C2CCS(=O)(=O)C2)c2c1C(c1ccccc1Cl)CC(=O)N2. The van der Waals surface area contributed by atoms with Crippen molar-refractivity contribution in [3.05, 3.63) is 46.1 Å². The maximum absolute atomic E-state index is 12.3. The van der Waals surface area contributed by atoms with Crippen LogP contribution >= 0.6 is 11.6 Å². The second-order valence-electron chi connectivity index (χ2n) is 6.68. The molecule has 2 aliphatic rings. The summed E-state index contributed by atoms with van der Waals surface area (Å²) in [6, 6.07) is 7.25. The van der Waals surface area contributed by atoms with E-state index in [2.05, 4.69) is 10.4 Å². The van der Waals surface area contributed by atoms with Gasteiger partial charge < -0.3 is 5.32 Å². The fourth-order valence-corrected chi connectivity index (χ4v) is 5.79. The molecule has 8 heteroatoms. The van der Waals surface area contributed by atoms with Crippen molar-refractivity contribution in [2.75, 3.05) is 16.8 Å². The Morgan fingerprint density at radius 2 is 2.08 bits per heavy atom. The molecule has 1 aromatic heterocycles. The highest BCUT2D eigenvalue weighted by Crippen LogP contribution is 2.43. The summed E-state index contributed by atoms with van der Waals surface area (Å²) in [5, 5.41) is 8.09. The Morgan fingerprint density at radius 1 is 1.32 bits per heavy atom. The van der Waals surface area contributed by atoms with Gasteiger partial charge in [-0.25, -0.2) is 13.1 Å². The van der Waals surface area contributed by atoms with Crippen molar-refractivity contribution in [2.45, 2.75) is 31.7 Å². The molecule has 1 saturated heterocycles. The summed E-state index contributed by atoms with van der Waals surface area (Å²) in [6.07, 6.45) is 0.814. The molecule has 2 aromatic rings. The van der Waals surface area contributed by atoms with E-state index in [4.69, 9.17) is 11.6 Å². The number of nitrogens with one attached hydrogen (secondary N) is 1. The molecule has 0 saturated carbocycles. The number of rotatable bonds is 2. The first-order chi connectivity index (χ1) is 11.9. The quantitative estimate of drug-likeness (QED) is 0.869. The number of amides is 1. The molecule has 0 bridgehead atoms. The first kappa shape index (κ1) is 16.6. The molecule has 3 heterocycles. The lowest BCUT2D eigenvalue weighted by molar-refractivity contribution is -0.116. The monoisotopic (exact) mass is 379 g/mol. The molecule has 0 radical (unpaired) electrons. The second kappa shape index (κ2) is 5.85. The zero-order chi connectivity index (χ0) is 17.8.